The molecule has 0 aromatic heterocycles. The van der Waals surface area contributed by atoms with E-state index in [9.17, 15) is 20.2 Å². The number of nitrogens with one attached hydrogen (secondary N) is 1. The second kappa shape index (κ2) is 10.6. The number of nitrogens with zero attached hydrogens (tertiary/aromatic N) is 2. The van der Waals surface area contributed by atoms with Crippen molar-refractivity contribution in [2.75, 3.05) is 12.4 Å². The first kappa shape index (κ1) is 23.0. The highest BCUT2D eigenvalue weighted by Gasteiger charge is 2.14. The Balaban J connectivity index is 1.80. The number of rotatable bonds is 8. The van der Waals surface area contributed by atoms with Crippen LogP contribution in [0.15, 0.2) is 72.3 Å². The lowest BCUT2D eigenvalue weighted by atomic mass is 10.1. The minimum absolute atomic E-state index is 0.0807. The second-order valence-electron chi connectivity index (χ2n) is 7.06. The summed E-state index contributed by atoms with van der Waals surface area (Å²) >= 11 is 0. The Morgan fingerprint density at radius 2 is 1.88 bits per heavy atom. The molecule has 0 aliphatic carbocycles. The van der Waals surface area contributed by atoms with Gasteiger partial charge in [-0.3, -0.25) is 14.9 Å². The van der Waals surface area contributed by atoms with Crippen molar-refractivity contribution in [3.05, 3.63) is 99.1 Å². The molecule has 8 nitrogen and oxygen atoms in total. The van der Waals surface area contributed by atoms with E-state index in [1.54, 1.807) is 25.1 Å². The number of hydrogen-bond donors (Lipinski definition) is 1. The van der Waals surface area contributed by atoms with Gasteiger partial charge in [0, 0.05) is 17.8 Å². The molecular formula is C25H21N3O5. The van der Waals surface area contributed by atoms with Gasteiger partial charge in [-0.1, -0.05) is 36.4 Å². The summed E-state index contributed by atoms with van der Waals surface area (Å²) in [5, 5.41) is 23.0. The smallest absolute Gasteiger partial charge is 0.269 e. The lowest BCUT2D eigenvalue weighted by Gasteiger charge is -2.12. The molecule has 33 heavy (non-hydrogen) atoms. The Bertz CT molecular complexity index is 1250. The molecule has 1 amide bonds. The molecule has 0 saturated carbocycles. The van der Waals surface area contributed by atoms with Crippen molar-refractivity contribution in [3.8, 4) is 17.6 Å². The van der Waals surface area contributed by atoms with Crippen molar-refractivity contribution in [2.45, 2.75) is 13.5 Å². The number of nitriles is 1. The van der Waals surface area contributed by atoms with Crippen molar-refractivity contribution in [2.24, 2.45) is 0 Å². The average molecular weight is 443 g/mol. The van der Waals surface area contributed by atoms with Crippen molar-refractivity contribution < 1.29 is 19.2 Å². The van der Waals surface area contributed by atoms with Crippen molar-refractivity contribution in [3.63, 3.8) is 0 Å². The number of carbonyl (C=O) groups excluding carboxylic acids is 1. The van der Waals surface area contributed by atoms with Crippen LogP contribution < -0.4 is 14.8 Å². The molecule has 3 aromatic carbocycles. The van der Waals surface area contributed by atoms with Gasteiger partial charge in [0.25, 0.3) is 11.6 Å². The number of nitro groups is 1. The summed E-state index contributed by atoms with van der Waals surface area (Å²) in [6.45, 7) is 1.97. The maximum absolute atomic E-state index is 12.6. The summed E-state index contributed by atoms with van der Waals surface area (Å²) in [6, 6.07) is 20.7. The van der Waals surface area contributed by atoms with E-state index in [1.165, 1.54) is 31.4 Å². The Morgan fingerprint density at radius 1 is 1.12 bits per heavy atom. The van der Waals surface area contributed by atoms with E-state index in [2.05, 4.69) is 5.32 Å². The number of carbonyl (C=O) groups is 1. The van der Waals surface area contributed by atoms with Crippen molar-refractivity contribution in [1.82, 2.24) is 0 Å². The van der Waals surface area contributed by atoms with Gasteiger partial charge in [-0.2, -0.15) is 5.26 Å². The van der Waals surface area contributed by atoms with Gasteiger partial charge in [-0.25, -0.2) is 0 Å². The monoisotopic (exact) mass is 443 g/mol. The lowest BCUT2D eigenvalue weighted by molar-refractivity contribution is -0.384. The van der Waals surface area contributed by atoms with Crippen LogP contribution in [-0.4, -0.2) is 17.9 Å². The second-order valence-corrected chi connectivity index (χ2v) is 7.06. The summed E-state index contributed by atoms with van der Waals surface area (Å²) < 4.78 is 11.2. The molecule has 8 heteroatoms. The molecule has 0 spiro atoms. The van der Waals surface area contributed by atoms with E-state index in [4.69, 9.17) is 9.47 Å². The minimum Gasteiger partial charge on any atom is -0.493 e. The van der Waals surface area contributed by atoms with E-state index in [0.717, 1.165) is 5.56 Å². The maximum Gasteiger partial charge on any atom is 0.269 e. The van der Waals surface area contributed by atoms with Crippen LogP contribution in [0.2, 0.25) is 0 Å². The highest BCUT2D eigenvalue weighted by molar-refractivity contribution is 6.10. The number of aryl methyl sites for hydroxylation is 1. The third kappa shape index (κ3) is 5.95. The first-order valence-corrected chi connectivity index (χ1v) is 9.94. The average Bonchev–Trinajstić information content (AvgIpc) is 2.83. The third-order valence-corrected chi connectivity index (χ3v) is 4.77. The third-order valence-electron chi connectivity index (χ3n) is 4.77. The predicted molar refractivity (Wildman–Crippen MR) is 124 cm³/mol. The van der Waals surface area contributed by atoms with E-state index >= 15 is 0 Å². The van der Waals surface area contributed by atoms with Gasteiger partial charge in [0.15, 0.2) is 11.5 Å². The molecule has 0 aliphatic rings. The zero-order valence-corrected chi connectivity index (χ0v) is 18.1. The van der Waals surface area contributed by atoms with Gasteiger partial charge in [0.1, 0.15) is 18.2 Å². The fraction of sp³-hybridized carbons (Fsp3) is 0.120. The lowest BCUT2D eigenvalue weighted by Crippen LogP contribution is -2.14. The molecule has 3 rings (SSSR count). The number of hydrogen-bond acceptors (Lipinski definition) is 6. The Morgan fingerprint density at radius 3 is 2.52 bits per heavy atom. The molecule has 0 saturated heterocycles. The van der Waals surface area contributed by atoms with Crippen LogP contribution in [0.4, 0.5) is 11.4 Å². The maximum atomic E-state index is 12.6. The molecule has 0 atom stereocenters. The SMILES string of the molecule is COc1ccc(/C=C(\C#N)C(=O)Nc2ccc([N+](=O)[O-])cc2C)cc1OCc1ccccc1. The van der Waals surface area contributed by atoms with Gasteiger partial charge < -0.3 is 14.8 Å². The van der Waals surface area contributed by atoms with Gasteiger partial charge in [-0.05, 0) is 47.9 Å². The molecule has 1 N–H and O–H groups in total. The van der Waals surface area contributed by atoms with Crippen molar-refractivity contribution >= 4 is 23.4 Å². The molecule has 0 heterocycles. The summed E-state index contributed by atoms with van der Waals surface area (Å²) in [5.41, 5.74) is 2.24. The summed E-state index contributed by atoms with van der Waals surface area (Å²) in [6.07, 6.45) is 1.44. The molecule has 166 valence electrons. The zero-order chi connectivity index (χ0) is 23.8. The molecule has 0 bridgehead atoms. The number of amides is 1. The normalized spacial score (nSPS) is 10.8. The molecule has 0 unspecified atom stereocenters. The zero-order valence-electron chi connectivity index (χ0n) is 18.1. The summed E-state index contributed by atoms with van der Waals surface area (Å²) in [5.74, 6) is 0.364. The first-order chi connectivity index (χ1) is 15.9. The predicted octanol–water partition coefficient (Wildman–Crippen LogP) is 5.04. The number of ether oxygens (including phenoxy) is 2. The molecule has 0 fully saturated rings. The number of anilines is 1. The fourth-order valence-electron chi connectivity index (χ4n) is 3.04. The highest BCUT2D eigenvalue weighted by atomic mass is 16.6. The first-order valence-electron chi connectivity index (χ1n) is 9.94. The van der Waals surface area contributed by atoms with Crippen LogP contribution in [0.25, 0.3) is 6.08 Å². The number of non-ortho nitro benzene ring substituents is 1. The number of methoxy groups -OCH3 is 1. The summed E-state index contributed by atoms with van der Waals surface area (Å²) in [7, 11) is 1.53. The topological polar surface area (TPSA) is 114 Å². The number of nitro benzene ring substituents is 1. The molecule has 0 aliphatic heterocycles. The van der Waals surface area contributed by atoms with Crippen LogP contribution >= 0.6 is 0 Å². The van der Waals surface area contributed by atoms with E-state index in [0.29, 0.717) is 34.9 Å². The molecule has 3 aromatic rings. The van der Waals surface area contributed by atoms with E-state index < -0.39 is 10.8 Å². The van der Waals surface area contributed by atoms with Gasteiger partial charge in [-0.15, -0.1) is 0 Å². The minimum atomic E-state index is -0.628. The molecule has 0 radical (unpaired) electrons. The van der Waals surface area contributed by atoms with Crippen LogP contribution in [0.1, 0.15) is 16.7 Å². The van der Waals surface area contributed by atoms with Crippen LogP contribution in [-0.2, 0) is 11.4 Å². The van der Waals surface area contributed by atoms with E-state index in [1.807, 2.05) is 36.4 Å². The van der Waals surface area contributed by atoms with Gasteiger partial charge in [0.05, 0.1) is 12.0 Å². The Labute approximate surface area is 190 Å². The summed E-state index contributed by atoms with van der Waals surface area (Å²) in [4.78, 5) is 23.0. The van der Waals surface area contributed by atoms with Crippen molar-refractivity contribution in [1.29, 1.82) is 5.26 Å². The fourth-order valence-corrected chi connectivity index (χ4v) is 3.04. The molecular weight excluding hydrogens is 422 g/mol. The Kier molecular flexibility index (Phi) is 7.39. The number of benzene rings is 3. The van der Waals surface area contributed by atoms with Crippen LogP contribution in [0.3, 0.4) is 0 Å². The van der Waals surface area contributed by atoms with Gasteiger partial charge in [0.2, 0.25) is 0 Å². The van der Waals surface area contributed by atoms with Crippen LogP contribution in [0, 0.1) is 28.4 Å². The highest BCUT2D eigenvalue weighted by Crippen LogP contribution is 2.30. The largest absolute Gasteiger partial charge is 0.493 e. The Hall–Kier alpha value is -4.64. The van der Waals surface area contributed by atoms with Gasteiger partial charge >= 0.3 is 0 Å². The quantitative estimate of drug-likeness (QED) is 0.226. The van der Waals surface area contributed by atoms with Crippen LogP contribution in [0.5, 0.6) is 11.5 Å². The standard InChI is InChI=1S/C25H21N3O5/c1-17-12-21(28(30)31)9-10-22(17)27-25(29)20(15-26)13-19-8-11-23(32-2)24(14-19)33-16-18-6-4-3-5-7-18/h3-14H,16H2,1-2H3,(H,27,29)/b20-13+. The van der Waals surface area contributed by atoms with E-state index in [-0.39, 0.29) is 11.3 Å².